The highest BCUT2D eigenvalue weighted by Gasteiger charge is 2.55. The Morgan fingerprint density at radius 3 is 2.52 bits per heavy atom. The minimum absolute atomic E-state index is 0.00186. The zero-order valence-corrected chi connectivity index (χ0v) is 23.3. The molecule has 1 fully saturated rings. The van der Waals surface area contributed by atoms with E-state index in [4.69, 9.17) is 4.74 Å². The molecule has 0 aromatic heterocycles. The van der Waals surface area contributed by atoms with Gasteiger partial charge in [-0.3, -0.25) is 14.4 Å². The van der Waals surface area contributed by atoms with Gasteiger partial charge in [-0.1, -0.05) is 30.7 Å². The summed E-state index contributed by atoms with van der Waals surface area (Å²) < 4.78 is 5.65. The van der Waals surface area contributed by atoms with Crippen molar-refractivity contribution >= 4 is 23.4 Å². The normalized spacial score (nSPS) is 29.5. The molecule has 2 heterocycles. The molecule has 4 N–H and O–H groups in total. The van der Waals surface area contributed by atoms with Crippen molar-refractivity contribution < 1.29 is 39.2 Å². The number of allylic oxidation sites excluding steroid dienone is 3. The van der Waals surface area contributed by atoms with Crippen LogP contribution in [0.2, 0.25) is 0 Å². The molecule has 2 aliphatic heterocycles. The molecule has 3 aliphatic rings. The second-order valence-electron chi connectivity index (χ2n) is 11.0. The second-order valence-corrected chi connectivity index (χ2v) is 11.0. The molecule has 1 amide bonds. The Hall–Kier alpha value is -3.82. The number of carbonyl (C=O) groups excluding carboxylic acids is 4. The van der Waals surface area contributed by atoms with E-state index in [1.807, 2.05) is 6.92 Å². The maximum absolute atomic E-state index is 13.5. The molecule has 212 valence electrons. The number of aryl methyl sites for hydroxylation is 1. The van der Waals surface area contributed by atoms with Gasteiger partial charge in [-0.2, -0.15) is 0 Å². The van der Waals surface area contributed by atoms with E-state index in [2.05, 4.69) is 5.32 Å². The number of aliphatic hydroxyl groups excluding tert-OH is 1. The van der Waals surface area contributed by atoms with Crippen LogP contribution in [0.5, 0.6) is 5.75 Å². The number of nitrogens with one attached hydrogen (secondary N) is 1. The average Bonchev–Trinajstić information content (AvgIpc) is 3.12. The molecule has 0 unspecified atom stereocenters. The number of Topliss-reactive ketones (excluding diaryl/α,β-unsaturated/α-hetero) is 1. The van der Waals surface area contributed by atoms with Crippen LogP contribution < -0.4 is 5.32 Å². The largest absolute Gasteiger partial charge is 0.507 e. The first-order valence-electron chi connectivity index (χ1n) is 13.4. The number of carbonyl (C=O) groups is 4. The van der Waals surface area contributed by atoms with Crippen LogP contribution in [0.15, 0.2) is 53.3 Å². The van der Waals surface area contributed by atoms with Crippen LogP contribution in [0.25, 0.3) is 0 Å². The number of ether oxygens (including phenoxy) is 1. The maximum Gasteiger partial charge on any atom is 0.334 e. The Morgan fingerprint density at radius 2 is 1.88 bits per heavy atom. The van der Waals surface area contributed by atoms with Crippen LogP contribution in [0.1, 0.15) is 78.8 Å². The lowest BCUT2D eigenvalue weighted by Gasteiger charge is -2.34. The molecule has 9 nitrogen and oxygen atoms in total. The zero-order valence-electron chi connectivity index (χ0n) is 23.3. The highest BCUT2D eigenvalue weighted by atomic mass is 16.6. The number of aliphatic hydroxyl groups is 2. The van der Waals surface area contributed by atoms with E-state index in [9.17, 15) is 34.5 Å². The maximum atomic E-state index is 13.5. The van der Waals surface area contributed by atoms with Crippen molar-refractivity contribution in [2.75, 3.05) is 0 Å². The summed E-state index contributed by atoms with van der Waals surface area (Å²) in [5, 5.41) is 36.3. The van der Waals surface area contributed by atoms with Crippen molar-refractivity contribution in [3.05, 3.63) is 75.5 Å². The molecule has 0 saturated carbocycles. The van der Waals surface area contributed by atoms with Gasteiger partial charge in [-0.05, 0) is 64.2 Å². The lowest BCUT2D eigenvalue weighted by atomic mass is 9.72. The van der Waals surface area contributed by atoms with Crippen molar-refractivity contribution in [1.29, 1.82) is 0 Å². The molecule has 4 bridgehead atoms. The number of rotatable bonds is 3. The van der Waals surface area contributed by atoms with Crippen molar-refractivity contribution in [3.8, 4) is 5.75 Å². The van der Waals surface area contributed by atoms with Gasteiger partial charge in [0.15, 0.2) is 11.6 Å². The van der Waals surface area contributed by atoms with Crippen molar-refractivity contribution in [2.45, 2.75) is 71.7 Å². The predicted molar refractivity (Wildman–Crippen MR) is 146 cm³/mol. The first-order chi connectivity index (χ1) is 18.8. The predicted octanol–water partition coefficient (Wildman–Crippen LogP) is 3.46. The lowest BCUT2D eigenvalue weighted by molar-refractivity contribution is -0.145. The Bertz CT molecular complexity index is 1410. The number of benzene rings is 1. The number of esters is 1. The molecular formula is C31H35NO8. The van der Waals surface area contributed by atoms with Crippen LogP contribution >= 0.6 is 0 Å². The number of phenolic OH excluding ortho intramolecular Hbond substituents is 1. The number of phenols is 1. The number of hydrogen-bond donors (Lipinski definition) is 4. The lowest BCUT2D eigenvalue weighted by Crippen LogP contribution is -2.39. The summed E-state index contributed by atoms with van der Waals surface area (Å²) in [5.74, 6) is -4.39. The summed E-state index contributed by atoms with van der Waals surface area (Å²) in [7, 11) is 0. The number of hydrogen-bond acceptors (Lipinski definition) is 8. The fourth-order valence-corrected chi connectivity index (χ4v) is 5.49. The average molecular weight is 550 g/mol. The minimum atomic E-state index is -2.10. The van der Waals surface area contributed by atoms with Crippen molar-refractivity contribution in [1.82, 2.24) is 5.32 Å². The van der Waals surface area contributed by atoms with Gasteiger partial charge in [0.25, 0.3) is 0 Å². The molecule has 40 heavy (non-hydrogen) atoms. The molecule has 0 radical (unpaired) electrons. The van der Waals surface area contributed by atoms with Crippen LogP contribution in [0.4, 0.5) is 0 Å². The van der Waals surface area contributed by atoms with E-state index >= 15 is 0 Å². The van der Waals surface area contributed by atoms with Crippen LogP contribution in [-0.4, -0.2) is 51.0 Å². The summed E-state index contributed by atoms with van der Waals surface area (Å²) in [6.07, 6.45) is 6.04. The van der Waals surface area contributed by atoms with Gasteiger partial charge in [0.05, 0.1) is 17.2 Å². The van der Waals surface area contributed by atoms with Gasteiger partial charge < -0.3 is 25.4 Å². The Morgan fingerprint density at radius 1 is 1.18 bits per heavy atom. The number of amides is 1. The quantitative estimate of drug-likeness (QED) is 0.331. The highest BCUT2D eigenvalue weighted by Crippen LogP contribution is 2.49. The summed E-state index contributed by atoms with van der Waals surface area (Å²) in [4.78, 5) is 53.1. The third kappa shape index (κ3) is 5.07. The summed E-state index contributed by atoms with van der Waals surface area (Å²) in [6, 6.07) is 1.40. The molecule has 1 aromatic carbocycles. The fraction of sp³-hybridized carbons (Fsp3) is 0.419. The minimum Gasteiger partial charge on any atom is -0.507 e. The standard InChI is InChI=1S/C31H35NO8/c1-6-18-7-9-21(33)27-26-19(12-16(4)28(27)36)31(39)20(29(37)32-25(31)14-23(26)35)13-17(5)30(38)40-24(10-8-18)22(34)11-15(2)3/h8,10-14,18,20,22,24,34,36,39H,6-7,9H2,1-5H3,(H,32,37)/b10-8+,17-13-/t18-,20-,22+,24+,31+/m1/s1. The zero-order chi connectivity index (χ0) is 29.5. The number of aromatic hydroxyl groups is 1. The summed E-state index contributed by atoms with van der Waals surface area (Å²) in [5.41, 5.74) is -1.44. The first kappa shape index (κ1) is 29.2. The van der Waals surface area contributed by atoms with E-state index < -0.39 is 47.2 Å². The van der Waals surface area contributed by atoms with Gasteiger partial charge in [0.1, 0.15) is 23.6 Å². The summed E-state index contributed by atoms with van der Waals surface area (Å²) in [6.45, 7) is 8.51. The monoisotopic (exact) mass is 549 g/mol. The third-order valence-electron chi connectivity index (χ3n) is 7.76. The van der Waals surface area contributed by atoms with Gasteiger partial charge in [-0.15, -0.1) is 0 Å². The number of cyclic esters (lactones) is 1. The molecule has 0 spiro atoms. The fourth-order valence-electron chi connectivity index (χ4n) is 5.49. The molecule has 4 rings (SSSR count). The molecule has 1 aliphatic carbocycles. The Kier molecular flexibility index (Phi) is 8.01. The van der Waals surface area contributed by atoms with Crippen LogP contribution in [-0.2, 0) is 19.9 Å². The van der Waals surface area contributed by atoms with Crippen molar-refractivity contribution in [3.63, 3.8) is 0 Å². The van der Waals surface area contributed by atoms with E-state index in [1.165, 1.54) is 19.1 Å². The topological polar surface area (TPSA) is 150 Å². The Balaban J connectivity index is 1.93. The molecule has 1 saturated heterocycles. The van der Waals surface area contributed by atoms with Crippen LogP contribution in [0, 0.1) is 18.8 Å². The molecule has 1 aromatic rings. The van der Waals surface area contributed by atoms with Gasteiger partial charge in [0, 0.05) is 29.2 Å². The summed E-state index contributed by atoms with van der Waals surface area (Å²) >= 11 is 0. The van der Waals surface area contributed by atoms with E-state index in [0.29, 0.717) is 12.8 Å². The van der Waals surface area contributed by atoms with Gasteiger partial charge in [0.2, 0.25) is 5.91 Å². The molecule has 9 heteroatoms. The van der Waals surface area contributed by atoms with Crippen LogP contribution in [0.3, 0.4) is 0 Å². The molecule has 5 atom stereocenters. The van der Waals surface area contributed by atoms with E-state index in [1.54, 1.807) is 39.0 Å². The second kappa shape index (κ2) is 11.0. The Labute approximate surface area is 232 Å². The number of ketones is 2. The van der Waals surface area contributed by atoms with Crippen molar-refractivity contribution in [2.24, 2.45) is 11.8 Å². The highest BCUT2D eigenvalue weighted by molar-refractivity contribution is 6.17. The van der Waals surface area contributed by atoms with Gasteiger partial charge >= 0.3 is 5.97 Å². The third-order valence-corrected chi connectivity index (χ3v) is 7.76. The first-order valence-corrected chi connectivity index (χ1v) is 13.4. The van der Waals surface area contributed by atoms with E-state index in [0.717, 1.165) is 11.6 Å². The van der Waals surface area contributed by atoms with Gasteiger partial charge in [-0.25, -0.2) is 4.79 Å². The smallest absolute Gasteiger partial charge is 0.334 e. The van der Waals surface area contributed by atoms with E-state index in [-0.39, 0.29) is 51.6 Å². The SMILES string of the molecule is CC[C@H]1/C=C/[C@@H]([C@@H](O)C=C(C)C)OC(=O)/C(C)=C\[C@@H]2C(=O)NC3=CC(=O)c4c(cc(C)c(O)c4C(=O)CC1)[C@@]32O. The molecular weight excluding hydrogens is 514 g/mol.